The molecule has 2 heterocycles. The number of rotatable bonds is 5. The second-order valence-electron chi connectivity index (χ2n) is 7.88. The predicted molar refractivity (Wildman–Crippen MR) is 126 cm³/mol. The molecule has 2 aromatic carbocycles. The van der Waals surface area contributed by atoms with Crippen molar-refractivity contribution in [2.45, 2.75) is 44.0 Å². The zero-order valence-electron chi connectivity index (χ0n) is 18.4. The summed E-state index contributed by atoms with van der Waals surface area (Å²) < 4.78 is 36.1. The molecule has 3 aromatic rings. The number of fused-ring (bicyclic) bond motifs is 1. The van der Waals surface area contributed by atoms with Gasteiger partial charge in [-0.1, -0.05) is 23.8 Å². The quantitative estimate of drug-likeness (QED) is 0.562. The van der Waals surface area contributed by atoms with Crippen molar-refractivity contribution in [3.63, 3.8) is 0 Å². The number of sulfonamides is 1. The van der Waals surface area contributed by atoms with Crippen molar-refractivity contribution in [2.24, 2.45) is 12.0 Å². The van der Waals surface area contributed by atoms with Gasteiger partial charge in [0.05, 0.1) is 16.2 Å². The molecule has 1 aliphatic rings. The van der Waals surface area contributed by atoms with Crippen molar-refractivity contribution >= 4 is 37.5 Å². The normalized spacial score (nSPS) is 18.2. The molecule has 0 radical (unpaired) electrons. The Kier molecular flexibility index (Phi) is 6.50. The maximum atomic E-state index is 13.0. The Labute approximate surface area is 192 Å². The van der Waals surface area contributed by atoms with E-state index in [4.69, 9.17) is 4.74 Å². The molecule has 0 bridgehead atoms. The highest BCUT2D eigenvalue weighted by Crippen LogP contribution is 2.27. The minimum absolute atomic E-state index is 0.0143. The Morgan fingerprint density at radius 1 is 1.19 bits per heavy atom. The molecule has 7 nitrogen and oxygen atoms in total. The summed E-state index contributed by atoms with van der Waals surface area (Å²) in [6, 6.07) is 11.8. The number of aryl methyl sites for hydroxylation is 1. The smallest absolute Gasteiger partial charge is 0.279 e. The fourth-order valence-corrected chi connectivity index (χ4v) is 6.77. The second kappa shape index (κ2) is 9.17. The third kappa shape index (κ3) is 4.24. The van der Waals surface area contributed by atoms with Gasteiger partial charge < -0.3 is 9.30 Å². The molecule has 9 heteroatoms. The van der Waals surface area contributed by atoms with Gasteiger partial charge in [0.25, 0.3) is 5.91 Å². The molecule has 0 saturated carbocycles. The van der Waals surface area contributed by atoms with E-state index in [1.54, 1.807) is 4.31 Å². The lowest BCUT2D eigenvalue weighted by molar-refractivity contribution is 0.0998. The molecule has 1 atom stereocenters. The third-order valence-electron chi connectivity index (χ3n) is 5.73. The number of carbonyl (C=O) groups excluding carboxylic acids is 1. The zero-order valence-corrected chi connectivity index (χ0v) is 20.1. The average Bonchev–Trinajstić information content (AvgIpc) is 3.10. The Morgan fingerprint density at radius 3 is 2.62 bits per heavy atom. The lowest BCUT2D eigenvalue weighted by Crippen LogP contribution is -2.41. The number of ether oxygens (including phenoxy) is 1. The van der Waals surface area contributed by atoms with Gasteiger partial charge in [0.2, 0.25) is 10.0 Å². The number of thiazole rings is 1. The van der Waals surface area contributed by atoms with E-state index >= 15 is 0 Å². The highest BCUT2D eigenvalue weighted by molar-refractivity contribution is 7.89. The summed E-state index contributed by atoms with van der Waals surface area (Å²) >= 11 is 1.41. The Morgan fingerprint density at radius 2 is 1.94 bits per heavy atom. The summed E-state index contributed by atoms with van der Waals surface area (Å²) in [6.45, 7) is 4.95. The summed E-state index contributed by atoms with van der Waals surface area (Å²) in [7, 11) is -1.72. The summed E-state index contributed by atoms with van der Waals surface area (Å²) in [4.78, 5) is 17.8. The monoisotopic (exact) mass is 473 g/mol. The molecule has 1 saturated heterocycles. The standard InChI is InChI=1S/C23H27N3O4S2/c1-4-30-19-9-7-10-20-21(19)25(3)23(31-20)24-22(27)17-11-13-18(14-12-17)32(28,29)26-15-6-5-8-16(26)2/h7,9-14,16H,4-6,8,15H2,1-3H3/t16-/m1/s1. The van der Waals surface area contributed by atoms with Gasteiger partial charge in [-0.3, -0.25) is 4.79 Å². The van der Waals surface area contributed by atoms with Crippen molar-refractivity contribution < 1.29 is 17.9 Å². The molecule has 170 valence electrons. The van der Waals surface area contributed by atoms with Gasteiger partial charge in [-0.25, -0.2) is 8.42 Å². The second-order valence-corrected chi connectivity index (χ2v) is 10.8. The highest BCUT2D eigenvalue weighted by atomic mass is 32.2. The third-order valence-corrected chi connectivity index (χ3v) is 8.86. The van der Waals surface area contributed by atoms with Crippen LogP contribution in [0, 0.1) is 0 Å². The van der Waals surface area contributed by atoms with Gasteiger partial charge in [-0.05, 0) is 63.1 Å². The number of aromatic nitrogens is 1. The van der Waals surface area contributed by atoms with E-state index < -0.39 is 15.9 Å². The number of benzene rings is 2. The number of nitrogens with zero attached hydrogens (tertiary/aromatic N) is 3. The van der Waals surface area contributed by atoms with E-state index in [-0.39, 0.29) is 10.9 Å². The largest absolute Gasteiger partial charge is 0.492 e. The molecule has 0 N–H and O–H groups in total. The molecule has 1 aromatic heterocycles. The summed E-state index contributed by atoms with van der Waals surface area (Å²) in [6.07, 6.45) is 2.78. The van der Waals surface area contributed by atoms with Gasteiger partial charge in [-0.15, -0.1) is 0 Å². The molecule has 0 unspecified atom stereocenters. The first kappa shape index (κ1) is 22.7. The van der Waals surface area contributed by atoms with Crippen LogP contribution in [0.4, 0.5) is 0 Å². The van der Waals surface area contributed by atoms with Gasteiger partial charge in [0, 0.05) is 25.2 Å². The molecule has 1 aliphatic heterocycles. The number of hydrogen-bond acceptors (Lipinski definition) is 5. The van der Waals surface area contributed by atoms with Crippen molar-refractivity contribution in [1.29, 1.82) is 0 Å². The lowest BCUT2D eigenvalue weighted by atomic mass is 10.1. The maximum Gasteiger partial charge on any atom is 0.279 e. The van der Waals surface area contributed by atoms with Gasteiger partial charge in [0.15, 0.2) is 4.80 Å². The predicted octanol–water partition coefficient (Wildman–Crippen LogP) is 3.94. The van der Waals surface area contributed by atoms with Gasteiger partial charge in [-0.2, -0.15) is 9.30 Å². The number of para-hydroxylation sites is 1. The first-order valence-corrected chi connectivity index (χ1v) is 13.0. The molecular formula is C23H27N3O4S2. The minimum Gasteiger partial charge on any atom is -0.492 e. The lowest BCUT2D eigenvalue weighted by Gasteiger charge is -2.32. The first-order chi connectivity index (χ1) is 15.3. The molecule has 1 fully saturated rings. The highest BCUT2D eigenvalue weighted by Gasteiger charge is 2.30. The van der Waals surface area contributed by atoms with Crippen molar-refractivity contribution in [2.75, 3.05) is 13.2 Å². The molecule has 0 spiro atoms. The van der Waals surface area contributed by atoms with Crippen LogP contribution in [0.1, 0.15) is 43.5 Å². The van der Waals surface area contributed by atoms with Crippen LogP contribution in [-0.2, 0) is 17.1 Å². The number of piperidine rings is 1. The Balaban J connectivity index is 1.63. The summed E-state index contributed by atoms with van der Waals surface area (Å²) in [5.41, 5.74) is 1.24. The SMILES string of the molecule is CCOc1cccc2sc(=NC(=O)c3ccc(S(=O)(=O)N4CCCC[C@H]4C)cc3)n(C)c12. The van der Waals surface area contributed by atoms with Crippen LogP contribution in [0.25, 0.3) is 10.2 Å². The molecule has 4 rings (SSSR count). The number of amides is 1. The summed E-state index contributed by atoms with van der Waals surface area (Å²) in [5, 5.41) is 0. The van der Waals surface area contributed by atoms with Gasteiger partial charge in [0.1, 0.15) is 11.3 Å². The van der Waals surface area contributed by atoms with Gasteiger partial charge >= 0.3 is 0 Å². The Bertz CT molecular complexity index is 1310. The van der Waals surface area contributed by atoms with Crippen molar-refractivity contribution in [3.8, 4) is 5.75 Å². The van der Waals surface area contributed by atoms with Crippen molar-refractivity contribution in [3.05, 3.63) is 52.8 Å². The van der Waals surface area contributed by atoms with Crippen LogP contribution in [-0.4, -0.2) is 42.4 Å². The van der Waals surface area contributed by atoms with E-state index in [1.165, 1.54) is 35.6 Å². The molecule has 32 heavy (non-hydrogen) atoms. The fourth-order valence-electron chi connectivity index (χ4n) is 4.03. The molecule has 1 amide bonds. The van der Waals surface area contributed by atoms with Crippen LogP contribution < -0.4 is 9.54 Å². The average molecular weight is 474 g/mol. The maximum absolute atomic E-state index is 13.0. The fraction of sp³-hybridized carbons (Fsp3) is 0.391. The van der Waals surface area contributed by atoms with E-state index in [0.29, 0.717) is 23.5 Å². The van der Waals surface area contributed by atoms with Crippen LogP contribution in [0.15, 0.2) is 52.4 Å². The van der Waals surface area contributed by atoms with E-state index in [0.717, 1.165) is 35.2 Å². The summed E-state index contributed by atoms with van der Waals surface area (Å²) in [5.74, 6) is 0.333. The van der Waals surface area contributed by atoms with Crippen LogP contribution >= 0.6 is 11.3 Å². The first-order valence-electron chi connectivity index (χ1n) is 10.7. The molecular weight excluding hydrogens is 446 g/mol. The van der Waals surface area contributed by atoms with Crippen LogP contribution in [0.3, 0.4) is 0 Å². The minimum atomic E-state index is -3.57. The molecule has 0 aliphatic carbocycles. The topological polar surface area (TPSA) is 81.0 Å². The number of hydrogen-bond donors (Lipinski definition) is 0. The van der Waals surface area contributed by atoms with E-state index in [9.17, 15) is 13.2 Å². The number of carbonyl (C=O) groups is 1. The zero-order chi connectivity index (χ0) is 22.9. The van der Waals surface area contributed by atoms with E-state index in [1.807, 2.05) is 43.7 Å². The Hall–Kier alpha value is -2.49. The van der Waals surface area contributed by atoms with E-state index in [2.05, 4.69) is 4.99 Å². The van der Waals surface area contributed by atoms with Crippen LogP contribution in [0.5, 0.6) is 5.75 Å². The van der Waals surface area contributed by atoms with Crippen LogP contribution in [0.2, 0.25) is 0 Å². The van der Waals surface area contributed by atoms with Crippen molar-refractivity contribution in [1.82, 2.24) is 8.87 Å².